The normalized spacial score (nSPS) is 21.1. The molecule has 3 amide bonds. The third-order valence-electron chi connectivity index (χ3n) is 7.22. The summed E-state index contributed by atoms with van der Waals surface area (Å²) < 4.78 is 15.6. The number of hydrogen-bond acceptors (Lipinski definition) is 5. The van der Waals surface area contributed by atoms with E-state index in [1.54, 1.807) is 17.0 Å². The Balaban J connectivity index is 1.38. The summed E-state index contributed by atoms with van der Waals surface area (Å²) in [6.07, 6.45) is 2.73. The van der Waals surface area contributed by atoms with Crippen LogP contribution in [0.15, 0.2) is 36.4 Å². The number of hydrogen-bond donors (Lipinski definition) is 3. The van der Waals surface area contributed by atoms with Crippen molar-refractivity contribution in [3.8, 4) is 5.75 Å². The van der Waals surface area contributed by atoms with E-state index in [1.807, 2.05) is 0 Å². The number of fused-ring (bicyclic) bond motifs is 2. The predicted octanol–water partition coefficient (Wildman–Crippen LogP) is 2.58. The van der Waals surface area contributed by atoms with Gasteiger partial charge in [-0.3, -0.25) is 19.1 Å². The first kappa shape index (κ1) is 24.1. The molecule has 2 heterocycles. The smallest absolute Gasteiger partial charge is 0.269 e. The van der Waals surface area contributed by atoms with Crippen LogP contribution in [-0.2, 0) is 22.7 Å². The van der Waals surface area contributed by atoms with E-state index in [-0.39, 0.29) is 58.8 Å². The maximum Gasteiger partial charge on any atom is 0.269 e. The molecule has 4 N–H and O–H groups in total. The Hall–Kier alpha value is -3.66. The number of rotatable bonds is 6. The van der Waals surface area contributed by atoms with Crippen molar-refractivity contribution in [2.75, 3.05) is 6.54 Å². The zero-order valence-corrected chi connectivity index (χ0v) is 20.0. The molecule has 11 heteroatoms. The average Bonchev–Trinajstić information content (AvgIpc) is 3.53. The third kappa shape index (κ3) is 4.26. The molecule has 2 aromatic carbocycles. The summed E-state index contributed by atoms with van der Waals surface area (Å²) in [4.78, 5) is 40.2. The Bertz CT molecular complexity index is 1380. The number of nitrogens with two attached hydrogens (primary N) is 1. The van der Waals surface area contributed by atoms with Crippen LogP contribution >= 0.6 is 11.6 Å². The number of aromatic nitrogens is 2. The molecule has 36 heavy (non-hydrogen) atoms. The molecule has 2 fully saturated rings. The molecule has 1 saturated carbocycles. The Morgan fingerprint density at radius 1 is 1.22 bits per heavy atom. The number of halogens is 2. The van der Waals surface area contributed by atoms with Crippen molar-refractivity contribution in [1.29, 1.82) is 0 Å². The van der Waals surface area contributed by atoms with Crippen LogP contribution in [-0.4, -0.2) is 50.1 Å². The largest absolute Gasteiger partial charge is 0.508 e. The Labute approximate surface area is 211 Å². The number of benzene rings is 2. The predicted molar refractivity (Wildman–Crippen MR) is 130 cm³/mol. The van der Waals surface area contributed by atoms with Gasteiger partial charge in [-0.1, -0.05) is 30.2 Å². The second-order valence-electron chi connectivity index (χ2n) is 9.35. The SMILES string of the molecule is NC(=O)c1nn(CC(=O)N2C[C@@H]3CCC[C@@H]3[C@H]2C(=O)NCc2cccc(Cl)c2F)c2cc(O)ccc12. The van der Waals surface area contributed by atoms with Crippen molar-refractivity contribution in [2.45, 2.75) is 38.4 Å². The second kappa shape index (κ2) is 9.42. The molecule has 1 aliphatic heterocycles. The van der Waals surface area contributed by atoms with Gasteiger partial charge in [-0.25, -0.2) is 4.39 Å². The van der Waals surface area contributed by atoms with Gasteiger partial charge < -0.3 is 21.1 Å². The molecule has 1 aromatic heterocycles. The summed E-state index contributed by atoms with van der Waals surface area (Å²) in [5.41, 5.74) is 6.09. The van der Waals surface area contributed by atoms with E-state index in [9.17, 15) is 23.9 Å². The molecule has 0 unspecified atom stereocenters. The van der Waals surface area contributed by atoms with Crippen molar-refractivity contribution in [2.24, 2.45) is 17.6 Å². The average molecular weight is 514 g/mol. The van der Waals surface area contributed by atoms with Crippen LogP contribution in [0.4, 0.5) is 4.39 Å². The topological polar surface area (TPSA) is 131 Å². The van der Waals surface area contributed by atoms with Gasteiger partial charge >= 0.3 is 0 Å². The lowest BCUT2D eigenvalue weighted by atomic mass is 9.93. The van der Waals surface area contributed by atoms with E-state index in [0.29, 0.717) is 17.4 Å². The highest BCUT2D eigenvalue weighted by Gasteiger charge is 2.49. The number of primary amides is 1. The summed E-state index contributed by atoms with van der Waals surface area (Å²) in [5.74, 6) is -1.87. The molecule has 9 nitrogen and oxygen atoms in total. The lowest BCUT2D eigenvalue weighted by Crippen LogP contribution is -2.49. The Morgan fingerprint density at radius 3 is 2.81 bits per heavy atom. The highest BCUT2D eigenvalue weighted by molar-refractivity contribution is 6.30. The van der Waals surface area contributed by atoms with Gasteiger partial charge in [0.1, 0.15) is 24.2 Å². The number of carbonyl (C=O) groups is 3. The first-order valence-electron chi connectivity index (χ1n) is 11.7. The molecule has 3 aromatic rings. The molecule has 188 valence electrons. The van der Waals surface area contributed by atoms with Crippen LogP contribution in [0.5, 0.6) is 5.75 Å². The summed E-state index contributed by atoms with van der Waals surface area (Å²) in [6, 6.07) is 8.23. The maximum atomic E-state index is 14.3. The van der Waals surface area contributed by atoms with Gasteiger partial charge in [-0.15, -0.1) is 0 Å². The lowest BCUT2D eigenvalue weighted by Gasteiger charge is -2.27. The highest BCUT2D eigenvalue weighted by Crippen LogP contribution is 2.42. The summed E-state index contributed by atoms with van der Waals surface area (Å²) in [6.45, 7) is 0.145. The number of phenolic OH excluding ortho intramolecular Hbond substituents is 1. The number of aromatic hydroxyl groups is 1. The highest BCUT2D eigenvalue weighted by atomic mass is 35.5. The fourth-order valence-electron chi connectivity index (χ4n) is 5.55. The molecule has 1 aliphatic carbocycles. The van der Waals surface area contributed by atoms with Crippen LogP contribution in [0.2, 0.25) is 5.02 Å². The first-order valence-corrected chi connectivity index (χ1v) is 12.1. The Morgan fingerprint density at radius 2 is 2.03 bits per heavy atom. The summed E-state index contributed by atoms with van der Waals surface area (Å²) >= 11 is 5.85. The third-order valence-corrected chi connectivity index (χ3v) is 7.51. The number of nitrogens with zero attached hydrogens (tertiary/aromatic N) is 3. The number of amides is 3. The molecule has 0 radical (unpaired) electrons. The summed E-state index contributed by atoms with van der Waals surface area (Å²) in [7, 11) is 0. The number of likely N-dealkylation sites (tertiary alicyclic amines) is 1. The van der Waals surface area contributed by atoms with Gasteiger partial charge in [0.2, 0.25) is 11.8 Å². The fraction of sp³-hybridized carbons (Fsp3) is 0.360. The molecule has 5 rings (SSSR count). The van der Waals surface area contributed by atoms with Crippen molar-refractivity contribution >= 4 is 40.2 Å². The van der Waals surface area contributed by atoms with E-state index in [0.717, 1.165) is 19.3 Å². The number of phenols is 1. The van der Waals surface area contributed by atoms with E-state index in [2.05, 4.69) is 10.4 Å². The van der Waals surface area contributed by atoms with Gasteiger partial charge in [-0.2, -0.15) is 5.10 Å². The number of nitrogens with one attached hydrogen (secondary N) is 1. The van der Waals surface area contributed by atoms with Crippen molar-refractivity contribution in [3.05, 3.63) is 58.5 Å². The van der Waals surface area contributed by atoms with E-state index >= 15 is 0 Å². The quantitative estimate of drug-likeness (QED) is 0.466. The first-order chi connectivity index (χ1) is 17.2. The molecular weight excluding hydrogens is 489 g/mol. The van der Waals surface area contributed by atoms with Crippen molar-refractivity contribution in [1.82, 2.24) is 20.0 Å². The van der Waals surface area contributed by atoms with Crippen LogP contribution in [0.25, 0.3) is 10.9 Å². The molecular formula is C25H25ClFN5O4. The molecule has 0 spiro atoms. The standard InChI is InChI=1S/C25H25ClFN5O4/c26-18-6-2-3-13(21(18)27)10-29-25(36)23-16-5-1-4-14(16)11-31(23)20(34)12-32-19-9-15(33)7-8-17(19)22(30-32)24(28)35/h2-3,6-9,14,16,23,33H,1,4-5,10-12H2,(H2,28,35)(H,29,36)/t14-,16-,23-/m0/s1. The van der Waals surface area contributed by atoms with Crippen molar-refractivity contribution < 1.29 is 23.9 Å². The van der Waals surface area contributed by atoms with Crippen LogP contribution in [0.1, 0.15) is 35.3 Å². The molecule has 2 aliphatic rings. The molecule has 1 saturated heterocycles. The lowest BCUT2D eigenvalue weighted by molar-refractivity contribution is -0.140. The zero-order chi connectivity index (χ0) is 25.6. The van der Waals surface area contributed by atoms with Gasteiger partial charge in [0.25, 0.3) is 5.91 Å². The van der Waals surface area contributed by atoms with Crippen LogP contribution in [0.3, 0.4) is 0 Å². The molecule has 0 bridgehead atoms. The minimum atomic E-state index is -0.752. The minimum Gasteiger partial charge on any atom is -0.508 e. The summed E-state index contributed by atoms with van der Waals surface area (Å²) in [5, 5.41) is 17.3. The van der Waals surface area contributed by atoms with Gasteiger partial charge in [0.05, 0.1) is 10.5 Å². The fourth-order valence-corrected chi connectivity index (χ4v) is 5.75. The van der Waals surface area contributed by atoms with Crippen LogP contribution < -0.4 is 11.1 Å². The minimum absolute atomic E-state index is 0.00562. The molecule has 3 atom stereocenters. The van der Waals surface area contributed by atoms with Crippen molar-refractivity contribution in [3.63, 3.8) is 0 Å². The number of carbonyl (C=O) groups excluding carboxylic acids is 3. The Kier molecular flexibility index (Phi) is 6.29. The monoisotopic (exact) mass is 513 g/mol. The maximum absolute atomic E-state index is 14.3. The van der Waals surface area contributed by atoms with E-state index in [4.69, 9.17) is 17.3 Å². The van der Waals surface area contributed by atoms with Gasteiger partial charge in [0.15, 0.2) is 5.69 Å². The second-order valence-corrected chi connectivity index (χ2v) is 9.76. The van der Waals surface area contributed by atoms with E-state index in [1.165, 1.54) is 28.9 Å². The zero-order valence-electron chi connectivity index (χ0n) is 19.3. The van der Waals surface area contributed by atoms with Gasteiger partial charge in [0, 0.05) is 30.1 Å². The van der Waals surface area contributed by atoms with Crippen LogP contribution in [0, 0.1) is 17.7 Å². The van der Waals surface area contributed by atoms with E-state index < -0.39 is 17.8 Å². The van der Waals surface area contributed by atoms with Gasteiger partial charge in [-0.05, 0) is 42.9 Å².